The van der Waals surface area contributed by atoms with E-state index in [4.69, 9.17) is 0 Å². The second kappa shape index (κ2) is 7.65. The number of rotatable bonds is 6. The predicted octanol–water partition coefficient (Wildman–Crippen LogP) is 2.82. The van der Waals surface area contributed by atoms with E-state index in [1.807, 2.05) is 0 Å². The van der Waals surface area contributed by atoms with Gasteiger partial charge in [0.2, 0.25) is 15.9 Å². The van der Waals surface area contributed by atoms with E-state index in [0.29, 0.717) is 11.3 Å². The number of benzene rings is 2. The van der Waals surface area contributed by atoms with E-state index in [2.05, 4.69) is 5.32 Å². The van der Waals surface area contributed by atoms with Gasteiger partial charge in [0, 0.05) is 11.3 Å². The van der Waals surface area contributed by atoms with Gasteiger partial charge in [-0.1, -0.05) is 24.3 Å². The molecule has 0 fully saturated rings. The second-order valence-corrected chi connectivity index (χ2v) is 7.67. The molecule has 0 bridgehead atoms. The molecule has 2 rings (SSSR count). The fourth-order valence-electron chi connectivity index (χ4n) is 2.47. The van der Waals surface area contributed by atoms with Crippen LogP contribution >= 0.6 is 0 Å². The van der Waals surface area contributed by atoms with E-state index in [0.717, 1.165) is 16.6 Å². The van der Waals surface area contributed by atoms with Crippen molar-refractivity contribution in [1.29, 1.82) is 0 Å². The lowest BCUT2D eigenvalue weighted by Crippen LogP contribution is -2.45. The van der Waals surface area contributed by atoms with Gasteiger partial charge in [-0.3, -0.25) is 13.9 Å². The van der Waals surface area contributed by atoms with Crippen LogP contribution in [0.2, 0.25) is 0 Å². The molecule has 0 aliphatic rings. The van der Waals surface area contributed by atoms with Crippen LogP contribution in [0.25, 0.3) is 0 Å². The number of hydrogen-bond acceptors (Lipinski definition) is 4. The lowest BCUT2D eigenvalue weighted by atomic mass is 10.1. The predicted molar refractivity (Wildman–Crippen MR) is 98.3 cm³/mol. The second-order valence-electron chi connectivity index (χ2n) is 5.81. The summed E-state index contributed by atoms with van der Waals surface area (Å²) in [4.78, 5) is 24.0. The zero-order valence-electron chi connectivity index (χ0n) is 14.6. The Labute approximate surface area is 151 Å². The molecule has 0 aliphatic carbocycles. The summed E-state index contributed by atoms with van der Waals surface area (Å²) in [5.41, 5.74) is 0.538. The van der Waals surface area contributed by atoms with Crippen molar-refractivity contribution in [3.63, 3.8) is 0 Å². The molecule has 2 aromatic carbocycles. The molecule has 0 saturated carbocycles. The number of para-hydroxylation sites is 1. The van der Waals surface area contributed by atoms with Crippen molar-refractivity contribution in [2.75, 3.05) is 15.9 Å². The van der Waals surface area contributed by atoms with E-state index in [1.165, 1.54) is 38.1 Å². The van der Waals surface area contributed by atoms with Crippen LogP contribution in [-0.4, -0.2) is 32.4 Å². The van der Waals surface area contributed by atoms with Crippen LogP contribution < -0.4 is 9.62 Å². The van der Waals surface area contributed by atoms with Gasteiger partial charge in [0.05, 0.1) is 11.9 Å². The van der Waals surface area contributed by atoms with Crippen molar-refractivity contribution in [2.45, 2.75) is 19.9 Å². The van der Waals surface area contributed by atoms with Gasteiger partial charge in [-0.15, -0.1) is 0 Å². The minimum absolute atomic E-state index is 0.168. The maximum atomic E-state index is 14.1. The maximum Gasteiger partial charge on any atom is 0.247 e. The van der Waals surface area contributed by atoms with Gasteiger partial charge in [-0.05, 0) is 38.1 Å². The molecule has 2 aromatic rings. The third kappa shape index (κ3) is 4.45. The Morgan fingerprint density at radius 3 is 2.35 bits per heavy atom. The minimum Gasteiger partial charge on any atom is -0.324 e. The maximum absolute atomic E-state index is 14.1. The van der Waals surface area contributed by atoms with Gasteiger partial charge in [-0.25, -0.2) is 12.8 Å². The van der Waals surface area contributed by atoms with Gasteiger partial charge < -0.3 is 5.32 Å². The summed E-state index contributed by atoms with van der Waals surface area (Å²) >= 11 is 0. The van der Waals surface area contributed by atoms with Crippen molar-refractivity contribution in [3.05, 3.63) is 59.9 Å². The summed E-state index contributed by atoms with van der Waals surface area (Å²) < 4.78 is 39.1. The first-order valence-corrected chi connectivity index (χ1v) is 9.62. The van der Waals surface area contributed by atoms with Gasteiger partial charge in [0.15, 0.2) is 5.78 Å². The summed E-state index contributed by atoms with van der Waals surface area (Å²) in [6, 6.07) is 10.4. The number of anilines is 2. The highest BCUT2D eigenvalue weighted by molar-refractivity contribution is 7.92. The molecule has 26 heavy (non-hydrogen) atoms. The Bertz CT molecular complexity index is 944. The normalized spacial score (nSPS) is 12.3. The molecule has 6 nitrogen and oxygen atoms in total. The number of carbonyl (C=O) groups excluding carboxylic acids is 2. The molecule has 0 radical (unpaired) electrons. The monoisotopic (exact) mass is 378 g/mol. The van der Waals surface area contributed by atoms with Gasteiger partial charge in [0.25, 0.3) is 0 Å². The number of halogens is 1. The third-order valence-corrected chi connectivity index (χ3v) is 4.94. The topological polar surface area (TPSA) is 83.6 Å². The van der Waals surface area contributed by atoms with E-state index in [9.17, 15) is 22.4 Å². The Balaban J connectivity index is 2.33. The molecule has 1 atom stereocenters. The van der Waals surface area contributed by atoms with Gasteiger partial charge >= 0.3 is 0 Å². The van der Waals surface area contributed by atoms with E-state index >= 15 is 0 Å². The summed E-state index contributed by atoms with van der Waals surface area (Å²) in [6.45, 7) is 2.75. The van der Waals surface area contributed by atoms with Crippen LogP contribution in [-0.2, 0) is 14.8 Å². The molecule has 0 spiro atoms. The summed E-state index contributed by atoms with van der Waals surface area (Å²) in [6.07, 6.45) is 0.902. The summed E-state index contributed by atoms with van der Waals surface area (Å²) in [7, 11) is -3.92. The number of nitrogens with zero attached hydrogens (tertiary/aromatic N) is 1. The molecule has 0 aliphatic heterocycles. The first-order chi connectivity index (χ1) is 12.1. The molecule has 0 aromatic heterocycles. The number of amides is 1. The number of nitrogens with one attached hydrogen (secondary N) is 1. The number of ketones is 1. The van der Waals surface area contributed by atoms with Crippen molar-refractivity contribution >= 4 is 33.1 Å². The van der Waals surface area contributed by atoms with Crippen LogP contribution in [0.3, 0.4) is 0 Å². The van der Waals surface area contributed by atoms with E-state index in [1.54, 1.807) is 18.2 Å². The smallest absolute Gasteiger partial charge is 0.247 e. The van der Waals surface area contributed by atoms with E-state index < -0.39 is 27.8 Å². The SMILES string of the molecule is CC(=O)c1cccc(NC(=O)[C@H](C)N(c2ccccc2F)S(C)(=O)=O)c1. The minimum atomic E-state index is -3.92. The van der Waals surface area contributed by atoms with Crippen LogP contribution in [0.15, 0.2) is 48.5 Å². The van der Waals surface area contributed by atoms with Crippen LogP contribution in [0, 0.1) is 5.82 Å². The highest BCUT2D eigenvalue weighted by atomic mass is 32.2. The number of carbonyl (C=O) groups is 2. The Hall–Kier alpha value is -2.74. The van der Waals surface area contributed by atoms with Crippen molar-refractivity contribution in [1.82, 2.24) is 0 Å². The lowest BCUT2D eigenvalue weighted by Gasteiger charge is -2.28. The molecular weight excluding hydrogens is 359 g/mol. The third-order valence-electron chi connectivity index (χ3n) is 3.72. The zero-order valence-corrected chi connectivity index (χ0v) is 15.4. The molecule has 1 amide bonds. The quantitative estimate of drug-likeness (QED) is 0.784. The van der Waals surface area contributed by atoms with Gasteiger partial charge in [0.1, 0.15) is 11.9 Å². The first kappa shape index (κ1) is 19.6. The lowest BCUT2D eigenvalue weighted by molar-refractivity contribution is -0.116. The molecule has 0 heterocycles. The average Bonchev–Trinajstić information content (AvgIpc) is 2.55. The Morgan fingerprint density at radius 2 is 1.77 bits per heavy atom. The highest BCUT2D eigenvalue weighted by Crippen LogP contribution is 2.24. The number of sulfonamides is 1. The van der Waals surface area contributed by atoms with Crippen molar-refractivity contribution in [2.24, 2.45) is 0 Å². The average molecular weight is 378 g/mol. The Kier molecular flexibility index (Phi) is 5.76. The van der Waals surface area contributed by atoms with Crippen molar-refractivity contribution < 1.29 is 22.4 Å². The van der Waals surface area contributed by atoms with Crippen molar-refractivity contribution in [3.8, 4) is 0 Å². The molecule has 0 saturated heterocycles. The summed E-state index contributed by atoms with van der Waals surface area (Å²) in [5, 5.41) is 2.56. The molecular formula is C18H19FN2O4S. The molecule has 8 heteroatoms. The fourth-order valence-corrected chi connectivity index (χ4v) is 3.65. The highest BCUT2D eigenvalue weighted by Gasteiger charge is 2.31. The number of Topliss-reactive ketones (excluding diaryl/α,β-unsaturated/α-hetero) is 1. The first-order valence-electron chi connectivity index (χ1n) is 7.77. The fraction of sp³-hybridized carbons (Fsp3) is 0.222. The van der Waals surface area contributed by atoms with Gasteiger partial charge in [-0.2, -0.15) is 0 Å². The number of hydrogen-bond donors (Lipinski definition) is 1. The van der Waals surface area contributed by atoms with Crippen LogP contribution in [0.4, 0.5) is 15.8 Å². The van der Waals surface area contributed by atoms with E-state index in [-0.39, 0.29) is 11.5 Å². The molecule has 0 unspecified atom stereocenters. The molecule has 1 N–H and O–H groups in total. The van der Waals surface area contributed by atoms with Crippen LogP contribution in [0.1, 0.15) is 24.2 Å². The van der Waals surface area contributed by atoms with Crippen LogP contribution in [0.5, 0.6) is 0 Å². The summed E-state index contributed by atoms with van der Waals surface area (Å²) in [5.74, 6) is -1.58. The largest absolute Gasteiger partial charge is 0.324 e. The zero-order chi connectivity index (χ0) is 19.5. The Morgan fingerprint density at radius 1 is 1.12 bits per heavy atom. The standard InChI is InChI=1S/C18H19FN2O4S/c1-12(18(23)20-15-8-6-7-14(11-15)13(2)22)21(26(3,24)25)17-10-5-4-9-16(17)19/h4-12H,1-3H3,(H,20,23)/t12-/m0/s1. The molecule has 138 valence electrons.